The zero-order valence-electron chi connectivity index (χ0n) is 14.3. The molecule has 7 nitrogen and oxygen atoms in total. The van der Waals surface area contributed by atoms with Crippen LogP contribution in [0.5, 0.6) is 0 Å². The summed E-state index contributed by atoms with van der Waals surface area (Å²) in [6.07, 6.45) is 5.12. The number of anilines is 1. The summed E-state index contributed by atoms with van der Waals surface area (Å²) in [6.45, 7) is 4.16. The number of fused-ring (bicyclic) bond motifs is 1. The van der Waals surface area contributed by atoms with Crippen molar-refractivity contribution in [3.8, 4) is 5.69 Å². The Balaban J connectivity index is 1.50. The average Bonchev–Trinajstić information content (AvgIpc) is 3.29. The van der Waals surface area contributed by atoms with Crippen LogP contribution in [0.2, 0.25) is 5.02 Å². The van der Waals surface area contributed by atoms with Crippen molar-refractivity contribution >= 4 is 23.2 Å². The van der Waals surface area contributed by atoms with E-state index in [0.29, 0.717) is 17.3 Å². The standard InChI is InChI=1S/C18H19ClN6O/c1-13-16-3-2-6-23(16)7-8-24(13)10-18(26)22-15-9-14(19)4-5-17(15)25-12-20-11-21-25/h2-6,9,11-13H,7-8,10H2,1H3,(H,22,26)/t13-/m1/s1. The minimum atomic E-state index is -0.0829. The molecular formula is C18H19ClN6O. The van der Waals surface area contributed by atoms with Crippen LogP contribution < -0.4 is 5.32 Å². The first-order valence-electron chi connectivity index (χ1n) is 8.45. The second-order valence-corrected chi connectivity index (χ2v) is 6.76. The first kappa shape index (κ1) is 16.8. The maximum absolute atomic E-state index is 12.7. The van der Waals surface area contributed by atoms with Gasteiger partial charge in [-0.05, 0) is 37.3 Å². The van der Waals surface area contributed by atoms with Crippen molar-refractivity contribution in [3.05, 3.63) is 59.9 Å². The summed E-state index contributed by atoms with van der Waals surface area (Å²) in [6, 6.07) is 9.64. The summed E-state index contributed by atoms with van der Waals surface area (Å²) < 4.78 is 3.83. The maximum Gasteiger partial charge on any atom is 0.238 e. The molecule has 0 fully saturated rings. The molecule has 1 N–H and O–H groups in total. The Morgan fingerprint density at radius 1 is 1.35 bits per heavy atom. The summed E-state index contributed by atoms with van der Waals surface area (Å²) in [5, 5.41) is 7.64. The lowest BCUT2D eigenvalue weighted by atomic mass is 10.1. The van der Waals surface area contributed by atoms with Gasteiger partial charge in [-0.2, -0.15) is 5.10 Å². The predicted octanol–water partition coefficient (Wildman–Crippen LogP) is 2.74. The molecule has 3 heterocycles. The number of hydrogen-bond acceptors (Lipinski definition) is 4. The molecule has 1 amide bonds. The molecule has 4 rings (SSSR count). The van der Waals surface area contributed by atoms with E-state index in [1.54, 1.807) is 23.1 Å². The van der Waals surface area contributed by atoms with Gasteiger partial charge in [0.15, 0.2) is 0 Å². The Labute approximate surface area is 156 Å². The molecule has 0 bridgehead atoms. The monoisotopic (exact) mass is 370 g/mol. The molecule has 0 spiro atoms. The Morgan fingerprint density at radius 2 is 2.23 bits per heavy atom. The van der Waals surface area contributed by atoms with Gasteiger partial charge in [0.05, 0.1) is 17.9 Å². The number of nitrogens with one attached hydrogen (secondary N) is 1. The molecule has 3 aromatic rings. The molecule has 0 aliphatic carbocycles. The van der Waals surface area contributed by atoms with Crippen molar-refractivity contribution in [3.63, 3.8) is 0 Å². The molecule has 0 saturated heterocycles. The van der Waals surface area contributed by atoms with Crippen molar-refractivity contribution in [2.75, 3.05) is 18.4 Å². The minimum Gasteiger partial charge on any atom is -0.349 e. The summed E-state index contributed by atoms with van der Waals surface area (Å²) in [4.78, 5) is 18.8. The van der Waals surface area contributed by atoms with E-state index in [1.165, 1.54) is 12.0 Å². The fraction of sp³-hybridized carbons (Fsp3) is 0.278. The zero-order valence-corrected chi connectivity index (χ0v) is 15.1. The van der Waals surface area contributed by atoms with Gasteiger partial charge in [-0.1, -0.05) is 11.6 Å². The quantitative estimate of drug-likeness (QED) is 0.766. The van der Waals surface area contributed by atoms with Crippen LogP contribution in [0.25, 0.3) is 5.69 Å². The van der Waals surface area contributed by atoms with Gasteiger partial charge in [-0.25, -0.2) is 9.67 Å². The highest BCUT2D eigenvalue weighted by Gasteiger charge is 2.25. The highest BCUT2D eigenvalue weighted by molar-refractivity contribution is 6.31. The van der Waals surface area contributed by atoms with E-state index in [9.17, 15) is 4.79 Å². The van der Waals surface area contributed by atoms with Gasteiger partial charge >= 0.3 is 0 Å². The van der Waals surface area contributed by atoms with Gasteiger partial charge in [-0.15, -0.1) is 0 Å². The second kappa shape index (κ2) is 6.93. The number of rotatable bonds is 4. The highest BCUT2D eigenvalue weighted by Crippen LogP contribution is 2.26. The molecule has 26 heavy (non-hydrogen) atoms. The molecule has 1 aliphatic heterocycles. The van der Waals surface area contributed by atoms with E-state index in [4.69, 9.17) is 11.6 Å². The Bertz CT molecular complexity index is 920. The Morgan fingerprint density at radius 3 is 3.04 bits per heavy atom. The number of nitrogens with zero attached hydrogens (tertiary/aromatic N) is 5. The number of carbonyl (C=O) groups is 1. The first-order chi connectivity index (χ1) is 12.6. The van der Waals surface area contributed by atoms with Crippen molar-refractivity contribution in [1.82, 2.24) is 24.2 Å². The van der Waals surface area contributed by atoms with E-state index in [-0.39, 0.29) is 11.9 Å². The molecule has 1 aliphatic rings. The molecular weight excluding hydrogens is 352 g/mol. The van der Waals surface area contributed by atoms with Crippen LogP contribution in [0.3, 0.4) is 0 Å². The number of benzene rings is 1. The van der Waals surface area contributed by atoms with Crippen molar-refractivity contribution in [2.24, 2.45) is 0 Å². The van der Waals surface area contributed by atoms with Gasteiger partial charge in [0, 0.05) is 36.0 Å². The number of halogens is 1. The van der Waals surface area contributed by atoms with E-state index in [2.05, 4.69) is 44.1 Å². The van der Waals surface area contributed by atoms with Gasteiger partial charge in [0.2, 0.25) is 5.91 Å². The van der Waals surface area contributed by atoms with Crippen molar-refractivity contribution in [2.45, 2.75) is 19.5 Å². The minimum absolute atomic E-state index is 0.0829. The lowest BCUT2D eigenvalue weighted by molar-refractivity contribution is -0.118. The largest absolute Gasteiger partial charge is 0.349 e. The lowest BCUT2D eigenvalue weighted by Crippen LogP contribution is -2.41. The van der Waals surface area contributed by atoms with Gasteiger partial charge < -0.3 is 9.88 Å². The molecule has 1 aromatic carbocycles. The van der Waals surface area contributed by atoms with Crippen LogP contribution in [0.4, 0.5) is 5.69 Å². The van der Waals surface area contributed by atoms with E-state index >= 15 is 0 Å². The number of carbonyl (C=O) groups excluding carboxylic acids is 1. The van der Waals surface area contributed by atoms with Crippen LogP contribution in [0.15, 0.2) is 49.2 Å². The van der Waals surface area contributed by atoms with E-state index in [0.717, 1.165) is 18.8 Å². The topological polar surface area (TPSA) is 68.0 Å². The molecule has 0 unspecified atom stereocenters. The smallest absolute Gasteiger partial charge is 0.238 e. The van der Waals surface area contributed by atoms with Crippen LogP contribution in [-0.2, 0) is 11.3 Å². The molecule has 0 saturated carbocycles. The summed E-state index contributed by atoms with van der Waals surface area (Å²) in [5.74, 6) is -0.0829. The normalized spacial score (nSPS) is 17.1. The summed E-state index contributed by atoms with van der Waals surface area (Å²) in [5.41, 5.74) is 2.57. The molecule has 0 radical (unpaired) electrons. The zero-order chi connectivity index (χ0) is 18.1. The number of aromatic nitrogens is 4. The van der Waals surface area contributed by atoms with Crippen LogP contribution >= 0.6 is 11.6 Å². The second-order valence-electron chi connectivity index (χ2n) is 6.32. The van der Waals surface area contributed by atoms with Gasteiger partial charge in [0.1, 0.15) is 12.7 Å². The van der Waals surface area contributed by atoms with E-state index < -0.39 is 0 Å². The summed E-state index contributed by atoms with van der Waals surface area (Å²) >= 11 is 6.11. The molecule has 8 heteroatoms. The van der Waals surface area contributed by atoms with E-state index in [1.807, 2.05) is 12.1 Å². The van der Waals surface area contributed by atoms with Crippen molar-refractivity contribution in [1.29, 1.82) is 0 Å². The van der Waals surface area contributed by atoms with Gasteiger partial charge in [-0.3, -0.25) is 9.69 Å². The Hall–Kier alpha value is -2.64. The third kappa shape index (κ3) is 3.23. The highest BCUT2D eigenvalue weighted by atomic mass is 35.5. The maximum atomic E-state index is 12.7. The molecule has 134 valence electrons. The predicted molar refractivity (Wildman–Crippen MR) is 99.4 cm³/mol. The number of hydrogen-bond donors (Lipinski definition) is 1. The lowest BCUT2D eigenvalue weighted by Gasteiger charge is -2.34. The molecule has 1 atom stereocenters. The first-order valence-corrected chi connectivity index (χ1v) is 8.83. The third-order valence-corrected chi connectivity index (χ3v) is 4.95. The average molecular weight is 371 g/mol. The molecule has 2 aromatic heterocycles. The Kier molecular flexibility index (Phi) is 4.48. The SMILES string of the molecule is C[C@@H]1c2cccn2CCN1CC(=O)Nc1cc(Cl)ccc1-n1cncn1. The van der Waals surface area contributed by atoms with Crippen LogP contribution in [-0.4, -0.2) is 43.2 Å². The summed E-state index contributed by atoms with van der Waals surface area (Å²) in [7, 11) is 0. The third-order valence-electron chi connectivity index (χ3n) is 4.71. The van der Waals surface area contributed by atoms with Gasteiger partial charge in [0.25, 0.3) is 0 Å². The fourth-order valence-electron chi connectivity index (χ4n) is 3.36. The number of amides is 1. The van der Waals surface area contributed by atoms with Crippen LogP contribution in [0.1, 0.15) is 18.7 Å². The van der Waals surface area contributed by atoms with Crippen LogP contribution in [0, 0.1) is 0 Å². The fourth-order valence-corrected chi connectivity index (χ4v) is 3.53. The van der Waals surface area contributed by atoms with Crippen molar-refractivity contribution < 1.29 is 4.79 Å².